The highest BCUT2D eigenvalue weighted by molar-refractivity contribution is 5.93. The van der Waals surface area contributed by atoms with Gasteiger partial charge in [0, 0.05) is 12.7 Å². The average molecular weight is 305 g/mol. The van der Waals surface area contributed by atoms with E-state index in [0.717, 1.165) is 18.5 Å². The number of para-hydroxylation sites is 1. The highest BCUT2D eigenvalue weighted by atomic mass is 16.1. The van der Waals surface area contributed by atoms with E-state index in [1.807, 2.05) is 48.5 Å². The maximum absolute atomic E-state index is 12.1. The van der Waals surface area contributed by atoms with E-state index in [-0.39, 0.29) is 5.91 Å². The maximum Gasteiger partial charge on any atom is 0.254 e. The summed E-state index contributed by atoms with van der Waals surface area (Å²) in [6.45, 7) is 0.657. The van der Waals surface area contributed by atoms with Gasteiger partial charge in [-0.3, -0.25) is 4.79 Å². The predicted molar refractivity (Wildman–Crippen MR) is 90.7 cm³/mol. The van der Waals surface area contributed by atoms with E-state index < -0.39 is 0 Å². The summed E-state index contributed by atoms with van der Waals surface area (Å²) in [5, 5.41) is 7.18. The fourth-order valence-corrected chi connectivity index (χ4v) is 2.40. The lowest BCUT2D eigenvalue weighted by atomic mass is 10.1. The Morgan fingerprint density at radius 1 is 1.00 bits per heavy atom. The van der Waals surface area contributed by atoms with Gasteiger partial charge in [0.25, 0.3) is 5.91 Å². The highest BCUT2D eigenvalue weighted by Gasteiger charge is 2.08. The first-order chi connectivity index (χ1) is 11.3. The summed E-state index contributed by atoms with van der Waals surface area (Å²) in [5.41, 5.74) is 2.81. The van der Waals surface area contributed by atoms with Crippen LogP contribution in [0.5, 0.6) is 0 Å². The number of carbonyl (C=O) groups is 1. The smallest absolute Gasteiger partial charge is 0.254 e. The van der Waals surface area contributed by atoms with Crippen molar-refractivity contribution >= 4 is 5.91 Å². The molecule has 0 fully saturated rings. The van der Waals surface area contributed by atoms with Crippen LogP contribution in [-0.2, 0) is 6.42 Å². The summed E-state index contributed by atoms with van der Waals surface area (Å²) < 4.78 is 1.71. The molecule has 0 atom stereocenters. The van der Waals surface area contributed by atoms with E-state index in [4.69, 9.17) is 0 Å². The molecule has 2 aromatic carbocycles. The van der Waals surface area contributed by atoms with E-state index in [0.29, 0.717) is 12.1 Å². The number of carbonyl (C=O) groups excluding carboxylic acids is 1. The molecule has 1 amide bonds. The van der Waals surface area contributed by atoms with Gasteiger partial charge in [0.05, 0.1) is 17.4 Å². The van der Waals surface area contributed by atoms with Gasteiger partial charge in [0.15, 0.2) is 0 Å². The zero-order valence-corrected chi connectivity index (χ0v) is 12.9. The van der Waals surface area contributed by atoms with Crippen LogP contribution in [0.4, 0.5) is 0 Å². The molecule has 23 heavy (non-hydrogen) atoms. The van der Waals surface area contributed by atoms with E-state index in [2.05, 4.69) is 22.5 Å². The van der Waals surface area contributed by atoms with Crippen LogP contribution in [0.2, 0.25) is 0 Å². The van der Waals surface area contributed by atoms with Crippen molar-refractivity contribution in [3.63, 3.8) is 0 Å². The Morgan fingerprint density at radius 3 is 2.43 bits per heavy atom. The summed E-state index contributed by atoms with van der Waals surface area (Å²) in [4.78, 5) is 12.1. The quantitative estimate of drug-likeness (QED) is 0.711. The van der Waals surface area contributed by atoms with Crippen LogP contribution < -0.4 is 5.32 Å². The van der Waals surface area contributed by atoms with Crippen LogP contribution in [-0.4, -0.2) is 22.2 Å². The van der Waals surface area contributed by atoms with Crippen molar-refractivity contribution < 1.29 is 4.79 Å². The number of hydrogen-bond acceptors (Lipinski definition) is 2. The van der Waals surface area contributed by atoms with Crippen LogP contribution >= 0.6 is 0 Å². The summed E-state index contributed by atoms with van der Waals surface area (Å²) in [7, 11) is 0. The van der Waals surface area contributed by atoms with Crippen molar-refractivity contribution in [2.45, 2.75) is 12.8 Å². The molecule has 1 aromatic heterocycles. The standard InChI is InChI=1S/C19H19N3O/c23-19(20-13-7-10-16-8-3-1-4-9-16)17-14-21-22(15-17)18-11-5-2-6-12-18/h1-6,8-9,11-12,14-15H,7,10,13H2,(H,20,23). The zero-order valence-electron chi connectivity index (χ0n) is 12.9. The predicted octanol–water partition coefficient (Wildman–Crippen LogP) is 3.23. The van der Waals surface area contributed by atoms with Gasteiger partial charge < -0.3 is 5.32 Å². The van der Waals surface area contributed by atoms with Gasteiger partial charge in [-0.1, -0.05) is 48.5 Å². The lowest BCUT2D eigenvalue weighted by Gasteiger charge is -2.04. The average Bonchev–Trinajstić information content (AvgIpc) is 3.10. The first-order valence-electron chi connectivity index (χ1n) is 7.75. The molecule has 0 aliphatic carbocycles. The summed E-state index contributed by atoms with van der Waals surface area (Å²) in [6, 6.07) is 20.0. The SMILES string of the molecule is O=C(NCCCc1ccccc1)c1cnn(-c2ccccc2)c1. The van der Waals surface area contributed by atoms with Gasteiger partial charge in [-0.25, -0.2) is 4.68 Å². The molecule has 0 aliphatic rings. The minimum atomic E-state index is -0.0831. The van der Waals surface area contributed by atoms with E-state index >= 15 is 0 Å². The number of rotatable bonds is 6. The van der Waals surface area contributed by atoms with Crippen molar-refractivity contribution in [2.75, 3.05) is 6.54 Å². The number of nitrogens with one attached hydrogen (secondary N) is 1. The fourth-order valence-electron chi connectivity index (χ4n) is 2.40. The number of aryl methyl sites for hydroxylation is 1. The Bertz CT molecular complexity index is 751. The molecule has 0 saturated carbocycles. The summed E-state index contributed by atoms with van der Waals surface area (Å²) >= 11 is 0. The molecule has 0 radical (unpaired) electrons. The number of hydrogen-bond donors (Lipinski definition) is 1. The second kappa shape index (κ2) is 7.40. The van der Waals surface area contributed by atoms with E-state index in [9.17, 15) is 4.79 Å². The Kier molecular flexibility index (Phi) is 4.84. The number of nitrogens with zero attached hydrogens (tertiary/aromatic N) is 2. The van der Waals surface area contributed by atoms with Crippen LogP contribution in [0.1, 0.15) is 22.3 Å². The molecule has 0 aliphatic heterocycles. The van der Waals surface area contributed by atoms with Crippen molar-refractivity contribution in [3.05, 3.63) is 84.2 Å². The van der Waals surface area contributed by atoms with Crippen LogP contribution in [0.15, 0.2) is 73.1 Å². The van der Waals surface area contributed by atoms with Gasteiger partial charge in [-0.2, -0.15) is 5.10 Å². The molecule has 1 N–H and O–H groups in total. The van der Waals surface area contributed by atoms with Crippen molar-refractivity contribution in [1.82, 2.24) is 15.1 Å². The highest BCUT2D eigenvalue weighted by Crippen LogP contribution is 2.07. The van der Waals surface area contributed by atoms with Gasteiger partial charge in [-0.15, -0.1) is 0 Å². The number of amides is 1. The molecule has 1 heterocycles. The third-order valence-electron chi connectivity index (χ3n) is 3.64. The molecule has 4 nitrogen and oxygen atoms in total. The minimum Gasteiger partial charge on any atom is -0.352 e. The Morgan fingerprint density at radius 2 is 1.70 bits per heavy atom. The Balaban J connectivity index is 1.50. The number of benzene rings is 2. The second-order valence-electron chi connectivity index (χ2n) is 5.35. The molecular weight excluding hydrogens is 286 g/mol. The molecule has 0 unspecified atom stereocenters. The van der Waals surface area contributed by atoms with Gasteiger partial charge in [0.1, 0.15) is 0 Å². The van der Waals surface area contributed by atoms with Gasteiger partial charge in [0.2, 0.25) is 0 Å². The van der Waals surface area contributed by atoms with Crippen LogP contribution in [0, 0.1) is 0 Å². The summed E-state index contributed by atoms with van der Waals surface area (Å²) in [6.07, 6.45) is 5.23. The normalized spacial score (nSPS) is 10.4. The topological polar surface area (TPSA) is 46.9 Å². The minimum absolute atomic E-state index is 0.0831. The van der Waals surface area contributed by atoms with Gasteiger partial charge in [-0.05, 0) is 30.5 Å². The molecule has 3 rings (SSSR count). The molecule has 4 heteroatoms. The third-order valence-corrected chi connectivity index (χ3v) is 3.64. The molecule has 0 bridgehead atoms. The van der Waals surface area contributed by atoms with Crippen molar-refractivity contribution in [1.29, 1.82) is 0 Å². The molecule has 116 valence electrons. The van der Waals surface area contributed by atoms with Gasteiger partial charge >= 0.3 is 0 Å². The monoisotopic (exact) mass is 305 g/mol. The Labute approximate surface area is 135 Å². The van der Waals surface area contributed by atoms with Crippen LogP contribution in [0.25, 0.3) is 5.69 Å². The lowest BCUT2D eigenvalue weighted by Crippen LogP contribution is -2.24. The fraction of sp³-hybridized carbons (Fsp3) is 0.158. The maximum atomic E-state index is 12.1. The zero-order chi connectivity index (χ0) is 15.9. The number of aromatic nitrogens is 2. The first kappa shape index (κ1) is 15.0. The largest absolute Gasteiger partial charge is 0.352 e. The second-order valence-corrected chi connectivity index (χ2v) is 5.35. The van der Waals surface area contributed by atoms with E-state index in [1.165, 1.54) is 5.56 Å². The van der Waals surface area contributed by atoms with E-state index in [1.54, 1.807) is 17.1 Å². The molecule has 0 spiro atoms. The lowest BCUT2D eigenvalue weighted by molar-refractivity contribution is 0.0953. The first-order valence-corrected chi connectivity index (χ1v) is 7.75. The van der Waals surface area contributed by atoms with Crippen molar-refractivity contribution in [2.24, 2.45) is 0 Å². The van der Waals surface area contributed by atoms with Crippen molar-refractivity contribution in [3.8, 4) is 5.69 Å². The molecular formula is C19H19N3O. The molecule has 0 saturated heterocycles. The molecule has 3 aromatic rings. The summed E-state index contributed by atoms with van der Waals surface area (Å²) in [5.74, 6) is -0.0831. The third kappa shape index (κ3) is 4.07. The Hall–Kier alpha value is -2.88. The van der Waals surface area contributed by atoms with Crippen LogP contribution in [0.3, 0.4) is 0 Å².